The van der Waals surface area contributed by atoms with Crippen molar-refractivity contribution < 1.29 is 27.7 Å². The lowest BCUT2D eigenvalue weighted by molar-refractivity contribution is -0.384. The van der Waals surface area contributed by atoms with Crippen LogP contribution in [-0.2, 0) is 19.6 Å². The molecule has 0 bridgehead atoms. The van der Waals surface area contributed by atoms with E-state index >= 15 is 0 Å². The van der Waals surface area contributed by atoms with Crippen molar-refractivity contribution in [3.63, 3.8) is 0 Å². The standard InChI is InChI=1S/C20H23N3O7S/c1-4-18(19(24)21-15-11-9-14(10-12-15)20(25)30-5-2)22(31(3,28)29)16-7-6-8-17(13-16)23(26)27/h6-13,18H,4-5H2,1-3H3,(H,21,24)/t18-/m1/s1. The number of ether oxygens (including phenoxy) is 1. The largest absolute Gasteiger partial charge is 0.462 e. The van der Waals surface area contributed by atoms with Gasteiger partial charge in [0.2, 0.25) is 15.9 Å². The highest BCUT2D eigenvalue weighted by molar-refractivity contribution is 7.92. The van der Waals surface area contributed by atoms with Gasteiger partial charge in [-0.05, 0) is 43.7 Å². The van der Waals surface area contributed by atoms with Crippen molar-refractivity contribution in [3.8, 4) is 0 Å². The molecule has 0 aliphatic carbocycles. The van der Waals surface area contributed by atoms with E-state index in [0.717, 1.165) is 16.6 Å². The molecule has 11 heteroatoms. The van der Waals surface area contributed by atoms with E-state index in [0.29, 0.717) is 11.3 Å². The van der Waals surface area contributed by atoms with Crippen LogP contribution in [0.4, 0.5) is 17.1 Å². The molecule has 1 amide bonds. The lowest BCUT2D eigenvalue weighted by Gasteiger charge is -2.30. The van der Waals surface area contributed by atoms with Gasteiger partial charge in [-0.2, -0.15) is 0 Å². The Bertz CT molecular complexity index is 1070. The first-order valence-electron chi connectivity index (χ1n) is 9.40. The van der Waals surface area contributed by atoms with Crippen molar-refractivity contribution >= 4 is 39.0 Å². The molecule has 0 aliphatic heterocycles. The molecule has 0 aromatic heterocycles. The van der Waals surface area contributed by atoms with Gasteiger partial charge in [0.15, 0.2) is 0 Å². The first-order valence-corrected chi connectivity index (χ1v) is 11.2. The van der Waals surface area contributed by atoms with Crippen molar-refractivity contribution in [2.24, 2.45) is 0 Å². The molecule has 1 N–H and O–H groups in total. The molecule has 0 aliphatic rings. The van der Waals surface area contributed by atoms with Gasteiger partial charge in [-0.3, -0.25) is 19.2 Å². The highest BCUT2D eigenvalue weighted by Crippen LogP contribution is 2.27. The number of carbonyl (C=O) groups excluding carboxylic acids is 2. The first kappa shape index (κ1) is 23.8. The van der Waals surface area contributed by atoms with Gasteiger partial charge < -0.3 is 10.1 Å². The average molecular weight is 449 g/mol. The van der Waals surface area contributed by atoms with Gasteiger partial charge in [0.05, 0.1) is 29.0 Å². The molecule has 0 spiro atoms. The summed E-state index contributed by atoms with van der Waals surface area (Å²) in [6.07, 6.45) is 1.04. The fourth-order valence-electron chi connectivity index (χ4n) is 2.93. The summed E-state index contributed by atoms with van der Waals surface area (Å²) in [5.74, 6) is -1.12. The zero-order valence-corrected chi connectivity index (χ0v) is 18.1. The van der Waals surface area contributed by atoms with Crippen molar-refractivity contribution in [2.75, 3.05) is 22.5 Å². The molecule has 0 saturated carbocycles. The van der Waals surface area contributed by atoms with Crippen molar-refractivity contribution in [3.05, 3.63) is 64.2 Å². The van der Waals surface area contributed by atoms with Gasteiger partial charge in [-0.15, -0.1) is 0 Å². The molecule has 0 unspecified atom stereocenters. The van der Waals surface area contributed by atoms with E-state index in [9.17, 15) is 28.1 Å². The van der Waals surface area contributed by atoms with Gasteiger partial charge in [-0.25, -0.2) is 13.2 Å². The van der Waals surface area contributed by atoms with Crippen LogP contribution in [-0.4, -0.2) is 44.1 Å². The average Bonchev–Trinajstić information content (AvgIpc) is 2.71. The number of benzene rings is 2. The molecule has 31 heavy (non-hydrogen) atoms. The zero-order valence-electron chi connectivity index (χ0n) is 17.3. The van der Waals surface area contributed by atoms with Crippen molar-refractivity contribution in [2.45, 2.75) is 26.3 Å². The SMILES string of the molecule is CCOC(=O)c1ccc(NC(=O)[C@@H](CC)N(c2cccc([N+](=O)[O-])c2)S(C)(=O)=O)cc1. The summed E-state index contributed by atoms with van der Waals surface area (Å²) in [7, 11) is -3.94. The van der Waals surface area contributed by atoms with Gasteiger partial charge in [0.25, 0.3) is 5.69 Å². The molecule has 10 nitrogen and oxygen atoms in total. The number of sulfonamides is 1. The molecular weight excluding hydrogens is 426 g/mol. The Morgan fingerprint density at radius 3 is 2.32 bits per heavy atom. The third kappa shape index (κ3) is 6.01. The Hall–Kier alpha value is -3.47. The molecule has 0 heterocycles. The summed E-state index contributed by atoms with van der Waals surface area (Å²) in [5, 5.41) is 13.7. The zero-order chi connectivity index (χ0) is 23.2. The highest BCUT2D eigenvalue weighted by atomic mass is 32.2. The minimum atomic E-state index is -3.94. The van der Waals surface area contributed by atoms with Crippen LogP contribution < -0.4 is 9.62 Å². The minimum absolute atomic E-state index is 0.0105. The number of nitro benzene ring substituents is 1. The summed E-state index contributed by atoms with van der Waals surface area (Å²) in [4.78, 5) is 35.1. The maximum Gasteiger partial charge on any atom is 0.338 e. The van der Waals surface area contributed by atoms with E-state index in [1.165, 1.54) is 42.5 Å². The van der Waals surface area contributed by atoms with Gasteiger partial charge in [0.1, 0.15) is 6.04 Å². The van der Waals surface area contributed by atoms with Crippen LogP contribution >= 0.6 is 0 Å². The molecular formula is C20H23N3O7S. The normalized spacial score (nSPS) is 12.0. The van der Waals surface area contributed by atoms with E-state index < -0.39 is 32.9 Å². The number of nitrogens with zero attached hydrogens (tertiary/aromatic N) is 2. The monoisotopic (exact) mass is 449 g/mol. The molecule has 166 valence electrons. The van der Waals surface area contributed by atoms with Crippen LogP contribution in [0.2, 0.25) is 0 Å². The van der Waals surface area contributed by atoms with Gasteiger partial charge in [0, 0.05) is 17.8 Å². The summed E-state index contributed by atoms with van der Waals surface area (Å²) < 4.78 is 30.7. The number of amides is 1. The summed E-state index contributed by atoms with van der Waals surface area (Å²) >= 11 is 0. The minimum Gasteiger partial charge on any atom is -0.462 e. The Morgan fingerprint density at radius 2 is 1.81 bits per heavy atom. The predicted molar refractivity (Wildman–Crippen MR) is 116 cm³/mol. The number of nitrogens with one attached hydrogen (secondary N) is 1. The number of esters is 1. The highest BCUT2D eigenvalue weighted by Gasteiger charge is 2.32. The second-order valence-corrected chi connectivity index (χ2v) is 8.41. The fourth-order valence-corrected chi connectivity index (χ4v) is 4.14. The van der Waals surface area contributed by atoms with Gasteiger partial charge in [-0.1, -0.05) is 13.0 Å². The van der Waals surface area contributed by atoms with Crippen molar-refractivity contribution in [1.82, 2.24) is 0 Å². The third-order valence-electron chi connectivity index (χ3n) is 4.29. The number of carbonyl (C=O) groups is 2. The predicted octanol–water partition coefficient (Wildman–Crippen LogP) is 2.95. The van der Waals surface area contributed by atoms with Crippen LogP contribution in [0.25, 0.3) is 0 Å². The number of nitro groups is 1. The fraction of sp³-hybridized carbons (Fsp3) is 0.300. The maximum atomic E-state index is 12.9. The van der Waals surface area contributed by atoms with Gasteiger partial charge >= 0.3 is 5.97 Å². The number of anilines is 2. The summed E-state index contributed by atoms with van der Waals surface area (Å²) in [5.41, 5.74) is 0.373. The maximum absolute atomic E-state index is 12.9. The van der Waals surface area contributed by atoms with E-state index in [4.69, 9.17) is 4.74 Å². The van der Waals surface area contributed by atoms with Crippen LogP contribution in [0.15, 0.2) is 48.5 Å². The van der Waals surface area contributed by atoms with Crippen LogP contribution in [0.1, 0.15) is 30.6 Å². The molecule has 0 radical (unpaired) electrons. The smallest absolute Gasteiger partial charge is 0.338 e. The molecule has 0 saturated heterocycles. The van der Waals surface area contributed by atoms with Crippen LogP contribution in [0, 0.1) is 10.1 Å². The Kier molecular flexibility index (Phi) is 7.70. The molecule has 2 rings (SSSR count). The summed E-state index contributed by atoms with van der Waals surface area (Å²) in [6, 6.07) is 9.86. The number of non-ortho nitro benzene ring substituents is 1. The quantitative estimate of drug-likeness (QED) is 0.353. The van der Waals surface area contributed by atoms with E-state index in [1.54, 1.807) is 13.8 Å². The Balaban J connectivity index is 2.32. The van der Waals surface area contributed by atoms with Crippen molar-refractivity contribution in [1.29, 1.82) is 0 Å². The number of rotatable bonds is 9. The Morgan fingerprint density at radius 1 is 1.16 bits per heavy atom. The number of hydrogen-bond acceptors (Lipinski definition) is 7. The summed E-state index contributed by atoms with van der Waals surface area (Å²) in [6.45, 7) is 3.55. The van der Waals surface area contributed by atoms with Crippen LogP contribution in [0.5, 0.6) is 0 Å². The van der Waals surface area contributed by atoms with E-state index in [-0.39, 0.29) is 24.4 Å². The molecule has 0 fully saturated rings. The lowest BCUT2D eigenvalue weighted by atomic mass is 10.1. The second kappa shape index (κ2) is 10.0. The topological polar surface area (TPSA) is 136 Å². The third-order valence-corrected chi connectivity index (χ3v) is 5.47. The first-order chi connectivity index (χ1) is 14.6. The van der Waals surface area contributed by atoms with Crippen LogP contribution in [0.3, 0.4) is 0 Å². The molecule has 1 atom stereocenters. The second-order valence-electron chi connectivity index (χ2n) is 6.55. The van der Waals surface area contributed by atoms with E-state index in [1.807, 2.05) is 0 Å². The number of hydrogen-bond donors (Lipinski definition) is 1. The molecule has 2 aromatic carbocycles. The Labute approximate surface area is 180 Å². The lowest BCUT2D eigenvalue weighted by Crippen LogP contribution is -2.47. The van der Waals surface area contributed by atoms with E-state index in [2.05, 4.69) is 5.32 Å². The molecule has 2 aromatic rings.